The first kappa shape index (κ1) is 8.01. The number of carboxylic acid groups (broad SMARTS) is 1. The molecule has 2 fully saturated rings. The van der Waals surface area contributed by atoms with Crippen LogP contribution in [-0.4, -0.2) is 29.8 Å². The van der Waals surface area contributed by atoms with Crippen LogP contribution in [0.15, 0.2) is 0 Å². The minimum Gasteiger partial charge on any atom is -0.480 e. The van der Waals surface area contributed by atoms with Gasteiger partial charge in [0.05, 0.1) is 6.61 Å². The van der Waals surface area contributed by atoms with Crippen LogP contribution >= 0.6 is 0 Å². The minimum absolute atomic E-state index is 0.104. The van der Waals surface area contributed by atoms with Gasteiger partial charge in [-0.25, -0.2) is 0 Å². The second-order valence-corrected chi connectivity index (χ2v) is 4.12. The Morgan fingerprint density at radius 3 is 2.58 bits per heavy atom. The van der Waals surface area contributed by atoms with Crippen molar-refractivity contribution in [2.45, 2.75) is 24.8 Å². The molecule has 68 valence electrons. The van der Waals surface area contributed by atoms with E-state index in [-0.39, 0.29) is 5.41 Å². The lowest BCUT2D eigenvalue weighted by atomic mass is 9.57. The Morgan fingerprint density at radius 1 is 1.50 bits per heavy atom. The van der Waals surface area contributed by atoms with E-state index in [1.807, 2.05) is 0 Å². The first-order chi connectivity index (χ1) is 5.56. The van der Waals surface area contributed by atoms with Crippen molar-refractivity contribution in [2.75, 3.05) is 13.2 Å². The molecule has 2 aliphatic rings. The molecule has 4 heteroatoms. The molecule has 0 aromatic carbocycles. The van der Waals surface area contributed by atoms with Crippen molar-refractivity contribution in [2.24, 2.45) is 11.1 Å². The van der Waals surface area contributed by atoms with Crippen LogP contribution in [0.25, 0.3) is 0 Å². The molecule has 0 aromatic rings. The topological polar surface area (TPSA) is 72.6 Å². The molecule has 1 spiro atoms. The number of carbonyl (C=O) groups is 1. The molecular weight excluding hydrogens is 158 g/mol. The number of hydrogen-bond acceptors (Lipinski definition) is 3. The fourth-order valence-electron chi connectivity index (χ4n) is 2.37. The third kappa shape index (κ3) is 0.949. The summed E-state index contributed by atoms with van der Waals surface area (Å²) >= 11 is 0. The van der Waals surface area contributed by atoms with Crippen molar-refractivity contribution in [1.82, 2.24) is 0 Å². The molecule has 1 heterocycles. The highest BCUT2D eigenvalue weighted by atomic mass is 16.5. The maximum Gasteiger partial charge on any atom is 0.323 e. The number of rotatable bonds is 1. The standard InChI is InChI=1S/C8H13NO3/c9-8(6(10)11)3-7(4-8)1-2-12-5-7/h1-5,9H2,(H,10,11). The summed E-state index contributed by atoms with van der Waals surface area (Å²) in [5, 5.41) is 8.77. The van der Waals surface area contributed by atoms with Gasteiger partial charge in [-0.15, -0.1) is 0 Å². The molecular formula is C8H13NO3. The molecule has 12 heavy (non-hydrogen) atoms. The molecule has 1 saturated carbocycles. The summed E-state index contributed by atoms with van der Waals surface area (Å²) in [4.78, 5) is 10.7. The third-order valence-electron chi connectivity index (χ3n) is 2.99. The summed E-state index contributed by atoms with van der Waals surface area (Å²) in [5.41, 5.74) is 4.78. The van der Waals surface area contributed by atoms with E-state index in [1.54, 1.807) is 0 Å². The third-order valence-corrected chi connectivity index (χ3v) is 2.99. The summed E-state index contributed by atoms with van der Waals surface area (Å²) < 4.78 is 5.23. The van der Waals surface area contributed by atoms with Crippen LogP contribution in [0.4, 0.5) is 0 Å². The predicted molar refractivity (Wildman–Crippen MR) is 41.7 cm³/mol. The fourth-order valence-corrected chi connectivity index (χ4v) is 2.37. The zero-order valence-corrected chi connectivity index (χ0v) is 6.88. The number of aliphatic carboxylic acids is 1. The molecule has 4 nitrogen and oxygen atoms in total. The lowest BCUT2D eigenvalue weighted by Gasteiger charge is -2.49. The van der Waals surface area contributed by atoms with E-state index < -0.39 is 11.5 Å². The lowest BCUT2D eigenvalue weighted by molar-refractivity contribution is -0.153. The van der Waals surface area contributed by atoms with Crippen molar-refractivity contribution in [3.8, 4) is 0 Å². The average Bonchev–Trinajstić information content (AvgIpc) is 2.34. The Morgan fingerprint density at radius 2 is 2.17 bits per heavy atom. The Balaban J connectivity index is 2.01. The van der Waals surface area contributed by atoms with Crippen LogP contribution in [0.1, 0.15) is 19.3 Å². The van der Waals surface area contributed by atoms with Gasteiger partial charge in [-0.1, -0.05) is 0 Å². The largest absolute Gasteiger partial charge is 0.480 e. The van der Waals surface area contributed by atoms with Crippen LogP contribution < -0.4 is 5.73 Å². The normalized spacial score (nSPS) is 46.1. The van der Waals surface area contributed by atoms with Crippen LogP contribution in [0.3, 0.4) is 0 Å². The van der Waals surface area contributed by atoms with Crippen molar-refractivity contribution >= 4 is 5.97 Å². The smallest absolute Gasteiger partial charge is 0.323 e. The molecule has 0 aromatic heterocycles. The molecule has 1 aliphatic heterocycles. The summed E-state index contributed by atoms with van der Waals surface area (Å²) in [7, 11) is 0. The zero-order valence-electron chi connectivity index (χ0n) is 6.88. The van der Waals surface area contributed by atoms with Crippen LogP contribution in [0.5, 0.6) is 0 Å². The highest BCUT2D eigenvalue weighted by molar-refractivity contribution is 5.80. The molecule has 1 aliphatic carbocycles. The van der Waals surface area contributed by atoms with Crippen molar-refractivity contribution in [1.29, 1.82) is 0 Å². The molecule has 0 amide bonds. The second-order valence-electron chi connectivity index (χ2n) is 4.12. The maximum absolute atomic E-state index is 10.7. The zero-order chi connectivity index (χ0) is 8.82. The quantitative estimate of drug-likeness (QED) is 0.581. The van der Waals surface area contributed by atoms with E-state index in [4.69, 9.17) is 15.6 Å². The van der Waals surface area contributed by atoms with Crippen LogP contribution in [0.2, 0.25) is 0 Å². The van der Waals surface area contributed by atoms with Gasteiger partial charge in [-0.2, -0.15) is 0 Å². The van der Waals surface area contributed by atoms with Gasteiger partial charge >= 0.3 is 5.97 Å². The Bertz CT molecular complexity index is 212. The van der Waals surface area contributed by atoms with Crippen LogP contribution in [-0.2, 0) is 9.53 Å². The molecule has 2 rings (SSSR count). The number of hydrogen-bond donors (Lipinski definition) is 2. The van der Waals surface area contributed by atoms with Gasteiger partial charge in [0.1, 0.15) is 5.54 Å². The average molecular weight is 171 g/mol. The molecule has 3 N–H and O–H groups in total. The first-order valence-electron chi connectivity index (χ1n) is 4.17. The highest BCUT2D eigenvalue weighted by Gasteiger charge is 2.58. The Hall–Kier alpha value is -0.610. The number of carboxylic acids is 1. The minimum atomic E-state index is -0.965. The SMILES string of the molecule is NC1(C(=O)O)CC2(CCOC2)C1. The van der Waals surface area contributed by atoms with Crippen molar-refractivity contribution < 1.29 is 14.6 Å². The molecule has 0 atom stereocenters. The van der Waals surface area contributed by atoms with Gasteiger partial charge in [-0.05, 0) is 19.3 Å². The molecule has 0 radical (unpaired) electrons. The van der Waals surface area contributed by atoms with E-state index in [2.05, 4.69) is 0 Å². The van der Waals surface area contributed by atoms with Crippen molar-refractivity contribution in [3.05, 3.63) is 0 Å². The summed E-state index contributed by atoms with van der Waals surface area (Å²) in [6.07, 6.45) is 2.13. The monoisotopic (exact) mass is 171 g/mol. The molecule has 0 unspecified atom stereocenters. The predicted octanol–water partition coefficient (Wildman–Crippen LogP) is -0.0310. The molecule has 0 bridgehead atoms. The van der Waals surface area contributed by atoms with E-state index in [9.17, 15) is 4.79 Å². The van der Waals surface area contributed by atoms with Crippen molar-refractivity contribution in [3.63, 3.8) is 0 Å². The summed E-state index contributed by atoms with van der Waals surface area (Å²) in [5.74, 6) is -0.875. The first-order valence-corrected chi connectivity index (χ1v) is 4.17. The number of ether oxygens (including phenoxy) is 1. The van der Waals surface area contributed by atoms with Gasteiger partial charge in [0.25, 0.3) is 0 Å². The lowest BCUT2D eigenvalue weighted by Crippen LogP contribution is -2.63. The van der Waals surface area contributed by atoms with Gasteiger partial charge in [0.15, 0.2) is 0 Å². The van der Waals surface area contributed by atoms with Gasteiger partial charge in [0.2, 0.25) is 0 Å². The van der Waals surface area contributed by atoms with E-state index in [0.717, 1.165) is 13.0 Å². The Labute approximate surface area is 70.7 Å². The second kappa shape index (κ2) is 2.20. The maximum atomic E-state index is 10.7. The van der Waals surface area contributed by atoms with Crippen LogP contribution in [0, 0.1) is 5.41 Å². The van der Waals surface area contributed by atoms with Gasteiger partial charge in [0, 0.05) is 12.0 Å². The summed E-state index contributed by atoms with van der Waals surface area (Å²) in [6, 6.07) is 0. The Kier molecular flexibility index (Phi) is 1.47. The number of nitrogens with two attached hydrogens (primary N) is 1. The van der Waals surface area contributed by atoms with E-state index in [1.165, 1.54) is 0 Å². The molecule has 1 saturated heterocycles. The highest BCUT2D eigenvalue weighted by Crippen LogP contribution is 2.52. The van der Waals surface area contributed by atoms with E-state index in [0.29, 0.717) is 19.4 Å². The fraction of sp³-hybridized carbons (Fsp3) is 0.875. The van der Waals surface area contributed by atoms with Gasteiger partial charge in [-0.3, -0.25) is 4.79 Å². The van der Waals surface area contributed by atoms with Gasteiger partial charge < -0.3 is 15.6 Å². The summed E-state index contributed by atoms with van der Waals surface area (Å²) in [6.45, 7) is 1.45. The van der Waals surface area contributed by atoms with E-state index >= 15 is 0 Å².